The van der Waals surface area contributed by atoms with E-state index in [2.05, 4.69) is 11.4 Å². The van der Waals surface area contributed by atoms with Gasteiger partial charge in [0, 0.05) is 24.0 Å². The molecule has 0 saturated carbocycles. The zero-order valence-electron chi connectivity index (χ0n) is 11.8. The molecule has 1 aromatic heterocycles. The van der Waals surface area contributed by atoms with Gasteiger partial charge in [-0.25, -0.2) is 4.79 Å². The summed E-state index contributed by atoms with van der Waals surface area (Å²) in [6.45, 7) is 5.14. The largest absolute Gasteiger partial charge is 0.481 e. The fourth-order valence-electron chi connectivity index (χ4n) is 2.31. The van der Waals surface area contributed by atoms with Crippen molar-refractivity contribution in [2.24, 2.45) is 5.92 Å². The number of nitrogens with zero attached hydrogens (tertiary/aromatic N) is 1. The molecule has 2 amide bonds. The van der Waals surface area contributed by atoms with Crippen molar-refractivity contribution in [3.63, 3.8) is 0 Å². The highest BCUT2D eigenvalue weighted by Gasteiger charge is 2.25. The average molecular weight is 296 g/mol. The highest BCUT2D eigenvalue weighted by atomic mass is 32.1. The van der Waals surface area contributed by atoms with Crippen LogP contribution in [0, 0.1) is 5.92 Å². The molecule has 0 aromatic carbocycles. The highest BCUT2D eigenvalue weighted by molar-refractivity contribution is 7.10. The summed E-state index contributed by atoms with van der Waals surface area (Å²) in [7, 11) is 0. The molecule has 6 heteroatoms. The van der Waals surface area contributed by atoms with Crippen LogP contribution in [0.1, 0.15) is 30.7 Å². The van der Waals surface area contributed by atoms with Gasteiger partial charge in [-0.15, -0.1) is 11.3 Å². The molecule has 0 saturated heterocycles. The summed E-state index contributed by atoms with van der Waals surface area (Å²) in [5.74, 6) is -0.792. The molecule has 5 nitrogen and oxygen atoms in total. The molecule has 0 radical (unpaired) electrons. The number of hydrogen-bond donors (Lipinski definition) is 2. The first-order valence-corrected chi connectivity index (χ1v) is 7.68. The molecule has 1 unspecified atom stereocenters. The maximum atomic E-state index is 12.3. The lowest BCUT2D eigenvalue weighted by molar-refractivity contribution is -0.137. The molecule has 1 aromatic rings. The average Bonchev–Trinajstić information content (AvgIpc) is 2.84. The second-order valence-electron chi connectivity index (χ2n) is 5.44. The van der Waals surface area contributed by atoms with Gasteiger partial charge in [0.1, 0.15) is 0 Å². The lowest BCUT2D eigenvalue weighted by Gasteiger charge is -2.30. The molecule has 110 valence electrons. The second-order valence-corrected chi connectivity index (χ2v) is 6.44. The normalized spacial score (nSPS) is 15.8. The quantitative estimate of drug-likeness (QED) is 0.896. The Bertz CT molecular complexity index is 498. The van der Waals surface area contributed by atoms with Gasteiger partial charge in [0.2, 0.25) is 0 Å². The molecule has 1 atom stereocenters. The van der Waals surface area contributed by atoms with Crippen LogP contribution in [0.3, 0.4) is 0 Å². The zero-order chi connectivity index (χ0) is 14.7. The van der Waals surface area contributed by atoms with Gasteiger partial charge >= 0.3 is 12.0 Å². The third-order valence-corrected chi connectivity index (χ3v) is 4.63. The van der Waals surface area contributed by atoms with Crippen molar-refractivity contribution in [2.75, 3.05) is 6.54 Å². The van der Waals surface area contributed by atoms with E-state index in [1.165, 1.54) is 10.4 Å². The fraction of sp³-hybridized carbons (Fsp3) is 0.571. The number of carbonyl (C=O) groups excluding carboxylic acids is 1. The first kappa shape index (κ1) is 14.8. The molecular weight excluding hydrogens is 276 g/mol. The number of fused-ring (bicyclic) bond motifs is 1. The molecular formula is C14H20N2O3S. The molecule has 0 spiro atoms. The maximum Gasteiger partial charge on any atom is 0.317 e. The van der Waals surface area contributed by atoms with Crippen molar-refractivity contribution in [2.45, 2.75) is 39.3 Å². The van der Waals surface area contributed by atoms with Crippen molar-refractivity contribution < 1.29 is 14.7 Å². The Kier molecular flexibility index (Phi) is 4.65. The van der Waals surface area contributed by atoms with Crippen LogP contribution in [0.2, 0.25) is 0 Å². The summed E-state index contributed by atoms with van der Waals surface area (Å²) in [5, 5.41) is 13.8. The van der Waals surface area contributed by atoms with Gasteiger partial charge in [-0.3, -0.25) is 4.79 Å². The first-order valence-electron chi connectivity index (χ1n) is 6.80. The van der Waals surface area contributed by atoms with Crippen molar-refractivity contribution >= 4 is 23.3 Å². The van der Waals surface area contributed by atoms with Gasteiger partial charge in [0.15, 0.2) is 0 Å². The maximum absolute atomic E-state index is 12.3. The van der Waals surface area contributed by atoms with Gasteiger partial charge in [-0.2, -0.15) is 0 Å². The molecule has 20 heavy (non-hydrogen) atoms. The van der Waals surface area contributed by atoms with Crippen LogP contribution in [0.25, 0.3) is 0 Å². The Morgan fingerprint density at radius 3 is 2.90 bits per heavy atom. The number of carboxylic acids is 1. The number of thiophene rings is 1. The Balaban J connectivity index is 1.96. The first-order chi connectivity index (χ1) is 9.47. The smallest absolute Gasteiger partial charge is 0.317 e. The SMILES string of the molecule is CC(C)C(CC(=O)O)NC(=O)N1CCc2sccc2C1. The molecule has 2 rings (SSSR count). The summed E-state index contributed by atoms with van der Waals surface area (Å²) in [4.78, 5) is 26.2. The number of carboxylic acid groups (broad SMARTS) is 1. The molecule has 2 N–H and O–H groups in total. The van der Waals surface area contributed by atoms with Gasteiger partial charge < -0.3 is 15.3 Å². The van der Waals surface area contributed by atoms with Gasteiger partial charge in [-0.1, -0.05) is 13.8 Å². The number of carbonyl (C=O) groups is 2. The van der Waals surface area contributed by atoms with Crippen LogP contribution in [0.15, 0.2) is 11.4 Å². The molecule has 0 fully saturated rings. The number of rotatable bonds is 4. The van der Waals surface area contributed by atoms with E-state index in [-0.39, 0.29) is 24.4 Å². The van der Waals surface area contributed by atoms with E-state index in [9.17, 15) is 9.59 Å². The van der Waals surface area contributed by atoms with Gasteiger partial charge in [-0.05, 0) is 29.3 Å². The predicted octanol–water partition coefficient (Wildman–Crippen LogP) is 2.32. The van der Waals surface area contributed by atoms with Crippen LogP contribution in [-0.2, 0) is 17.8 Å². The van der Waals surface area contributed by atoms with Crippen LogP contribution < -0.4 is 5.32 Å². The second kappa shape index (κ2) is 6.26. The van der Waals surface area contributed by atoms with Crippen LogP contribution in [0.4, 0.5) is 4.79 Å². The van der Waals surface area contributed by atoms with E-state index in [0.717, 1.165) is 6.42 Å². The molecule has 1 aliphatic heterocycles. The number of amides is 2. The molecule has 0 bridgehead atoms. The summed E-state index contributed by atoms with van der Waals surface area (Å²) in [5.41, 5.74) is 1.20. The Hall–Kier alpha value is -1.56. The van der Waals surface area contributed by atoms with Crippen molar-refractivity contribution in [1.29, 1.82) is 0 Å². The summed E-state index contributed by atoms with van der Waals surface area (Å²) in [6, 6.07) is 1.56. The third-order valence-electron chi connectivity index (χ3n) is 3.60. The molecule has 0 aliphatic carbocycles. The molecule has 2 heterocycles. The monoisotopic (exact) mass is 296 g/mol. The van der Waals surface area contributed by atoms with Crippen LogP contribution >= 0.6 is 11.3 Å². The number of nitrogens with one attached hydrogen (secondary N) is 1. The van der Waals surface area contributed by atoms with E-state index < -0.39 is 5.97 Å². The lowest BCUT2D eigenvalue weighted by atomic mass is 10.0. The van der Waals surface area contributed by atoms with Crippen molar-refractivity contribution in [1.82, 2.24) is 10.2 Å². The standard InChI is InChI=1S/C14H20N2O3S/c1-9(2)11(7-13(17)18)15-14(19)16-5-3-12-10(8-16)4-6-20-12/h4,6,9,11H,3,5,7-8H2,1-2H3,(H,15,19)(H,17,18). The minimum atomic E-state index is -0.886. The Labute approximate surface area is 122 Å². The van der Waals surface area contributed by atoms with Gasteiger partial charge in [0.05, 0.1) is 6.42 Å². The zero-order valence-corrected chi connectivity index (χ0v) is 12.6. The van der Waals surface area contributed by atoms with E-state index in [0.29, 0.717) is 13.1 Å². The number of urea groups is 1. The van der Waals surface area contributed by atoms with Crippen LogP contribution in [-0.4, -0.2) is 34.6 Å². The highest BCUT2D eigenvalue weighted by Crippen LogP contribution is 2.24. The minimum absolute atomic E-state index is 0.0407. The van der Waals surface area contributed by atoms with E-state index in [1.54, 1.807) is 16.2 Å². The number of hydrogen-bond acceptors (Lipinski definition) is 3. The van der Waals surface area contributed by atoms with Gasteiger partial charge in [0.25, 0.3) is 0 Å². The van der Waals surface area contributed by atoms with E-state index in [1.807, 2.05) is 19.2 Å². The Morgan fingerprint density at radius 2 is 2.25 bits per heavy atom. The fourth-order valence-corrected chi connectivity index (χ4v) is 3.20. The summed E-state index contributed by atoms with van der Waals surface area (Å²) >= 11 is 1.73. The van der Waals surface area contributed by atoms with Crippen LogP contribution in [0.5, 0.6) is 0 Å². The van der Waals surface area contributed by atoms with E-state index >= 15 is 0 Å². The minimum Gasteiger partial charge on any atom is -0.481 e. The predicted molar refractivity (Wildman–Crippen MR) is 77.8 cm³/mol. The van der Waals surface area contributed by atoms with Crippen molar-refractivity contribution in [3.8, 4) is 0 Å². The third kappa shape index (κ3) is 3.50. The summed E-state index contributed by atoms with van der Waals surface area (Å²) in [6.07, 6.45) is 0.840. The summed E-state index contributed by atoms with van der Waals surface area (Å²) < 4.78 is 0. The van der Waals surface area contributed by atoms with Crippen molar-refractivity contribution in [3.05, 3.63) is 21.9 Å². The number of aliphatic carboxylic acids is 1. The molecule has 1 aliphatic rings. The Morgan fingerprint density at radius 1 is 1.50 bits per heavy atom. The van der Waals surface area contributed by atoms with E-state index in [4.69, 9.17) is 5.11 Å². The topological polar surface area (TPSA) is 69.6 Å². The lowest BCUT2D eigenvalue weighted by Crippen LogP contribution is -2.48.